The van der Waals surface area contributed by atoms with Gasteiger partial charge in [-0.25, -0.2) is 0 Å². The monoisotopic (exact) mass is 760 g/mol. The van der Waals surface area contributed by atoms with Gasteiger partial charge < -0.3 is 37.2 Å². The molecule has 0 unspecified atom stereocenters. The summed E-state index contributed by atoms with van der Waals surface area (Å²) in [5.74, 6) is 0. The molecule has 0 heterocycles. The van der Waals surface area contributed by atoms with Gasteiger partial charge in [-0.2, -0.15) is 0 Å². The molecule has 0 bridgehead atoms. The number of benzene rings is 6. The van der Waals surface area contributed by atoms with Gasteiger partial charge in [-0.3, -0.25) is 4.79 Å². The molecule has 0 spiro atoms. The van der Waals surface area contributed by atoms with Crippen molar-refractivity contribution in [3.05, 3.63) is 182 Å². The van der Waals surface area contributed by atoms with Crippen molar-refractivity contribution in [3.8, 4) is 0 Å². The van der Waals surface area contributed by atoms with Crippen molar-refractivity contribution in [2.24, 2.45) is 0 Å². The Hall–Kier alpha value is -2.66. The maximum absolute atomic E-state index is 7.50. The van der Waals surface area contributed by atoms with Gasteiger partial charge in [0.1, 0.15) is 0 Å². The maximum atomic E-state index is 7.50. The molecule has 7 heteroatoms. The molecule has 0 atom stereocenters. The number of halogens is 3. The van der Waals surface area contributed by atoms with E-state index >= 15 is 0 Å². The summed E-state index contributed by atoms with van der Waals surface area (Å²) in [5.41, 5.74) is 0. The van der Waals surface area contributed by atoms with Crippen LogP contribution in [0.1, 0.15) is 0 Å². The standard InChI is InChI=1S/2C18H15P.CO.3ClH.Rh/c2*1-4-10-16(11-5-1)19(17-12-6-2-7-13-17)18-14-8-3-9-15-18;1-2;;;;/h2*1-15H;;3*1H;/q;;;;;;+3/p-3. The number of rotatable bonds is 6. The van der Waals surface area contributed by atoms with Crippen molar-refractivity contribution < 1.29 is 61.5 Å². The predicted molar refractivity (Wildman–Crippen MR) is 176 cm³/mol. The van der Waals surface area contributed by atoms with E-state index in [1.807, 2.05) is 0 Å². The van der Waals surface area contributed by atoms with Gasteiger partial charge in [-0.1, -0.05) is 182 Å². The summed E-state index contributed by atoms with van der Waals surface area (Å²) in [7, 11) is -0.892. The Balaban J connectivity index is 0.000000733. The molecule has 2 radical (unpaired) electrons. The zero-order chi connectivity index (χ0) is 27.8. The van der Waals surface area contributed by atoms with E-state index in [0.29, 0.717) is 0 Å². The van der Waals surface area contributed by atoms with Crippen LogP contribution in [0.4, 0.5) is 0 Å². The van der Waals surface area contributed by atoms with Gasteiger partial charge in [0.2, 0.25) is 0 Å². The van der Waals surface area contributed by atoms with Gasteiger partial charge in [0.05, 0.1) is 0 Å². The summed E-state index contributed by atoms with van der Waals surface area (Å²) in [6.07, 6.45) is 0. The van der Waals surface area contributed by atoms with Gasteiger partial charge in [0.25, 0.3) is 6.79 Å². The largest absolute Gasteiger partial charge is 3.00 e. The fourth-order valence-corrected chi connectivity index (χ4v) is 8.97. The Morgan fingerprint density at radius 1 is 0.273 bits per heavy atom. The molecular weight excluding hydrogens is 732 g/mol. The van der Waals surface area contributed by atoms with E-state index in [0.717, 1.165) is 0 Å². The number of hydrogen-bond acceptors (Lipinski definition) is 1. The second-order valence-corrected chi connectivity index (χ2v) is 13.1. The molecule has 0 aliphatic rings. The molecular formula is C37H30Cl3OP2Rh. The first-order chi connectivity index (χ1) is 19.9. The third-order valence-corrected chi connectivity index (χ3v) is 11.0. The van der Waals surface area contributed by atoms with Crippen molar-refractivity contribution in [2.45, 2.75) is 0 Å². The SMILES string of the molecule is [C]=O.[Cl-].[Cl-].[Cl-].[Rh+3].c1ccc(P(c2ccccc2)c2ccccc2)cc1.c1ccc(P(c2ccccc2)c2ccccc2)cc1. The summed E-state index contributed by atoms with van der Waals surface area (Å²) < 4.78 is 0. The van der Waals surface area contributed by atoms with Crippen LogP contribution in [-0.2, 0) is 24.3 Å². The average molecular weight is 762 g/mol. The van der Waals surface area contributed by atoms with E-state index in [4.69, 9.17) is 4.79 Å². The minimum Gasteiger partial charge on any atom is -1.00 e. The van der Waals surface area contributed by atoms with Crippen molar-refractivity contribution in [3.63, 3.8) is 0 Å². The van der Waals surface area contributed by atoms with Crippen molar-refractivity contribution >= 4 is 54.5 Å². The quantitative estimate of drug-likeness (QED) is 0.136. The predicted octanol–water partition coefficient (Wildman–Crippen LogP) is -2.50. The van der Waals surface area contributed by atoms with Crippen LogP contribution in [0.2, 0.25) is 0 Å². The van der Waals surface area contributed by atoms with Crippen LogP contribution in [-0.4, -0.2) is 6.79 Å². The van der Waals surface area contributed by atoms with Crippen LogP contribution in [0.5, 0.6) is 0 Å². The molecule has 0 aromatic heterocycles. The van der Waals surface area contributed by atoms with Crippen LogP contribution >= 0.6 is 15.8 Å². The van der Waals surface area contributed by atoms with E-state index < -0.39 is 15.8 Å². The fourth-order valence-electron chi connectivity index (χ4n) is 4.36. The third-order valence-electron chi connectivity index (χ3n) is 6.09. The van der Waals surface area contributed by atoms with E-state index in [1.165, 1.54) is 31.8 Å². The minimum atomic E-state index is -0.446. The Bertz CT molecular complexity index is 1210. The summed E-state index contributed by atoms with van der Waals surface area (Å²) in [6, 6.07) is 64.7. The van der Waals surface area contributed by atoms with Gasteiger partial charge >= 0.3 is 19.5 Å². The second kappa shape index (κ2) is 23.7. The smallest absolute Gasteiger partial charge is 1.00 e. The second-order valence-electron chi connectivity index (χ2n) is 8.68. The summed E-state index contributed by atoms with van der Waals surface area (Å²) in [6.45, 7) is 4.50. The van der Waals surface area contributed by atoms with E-state index in [-0.39, 0.29) is 56.7 Å². The molecule has 6 aromatic rings. The molecule has 1 nitrogen and oxygen atoms in total. The molecule has 6 aromatic carbocycles. The molecule has 224 valence electrons. The minimum absolute atomic E-state index is 0. The maximum Gasteiger partial charge on any atom is 3.00 e. The van der Waals surface area contributed by atoms with Crippen LogP contribution in [0, 0.1) is 0 Å². The number of hydrogen-bond donors (Lipinski definition) is 0. The molecule has 0 aliphatic heterocycles. The summed E-state index contributed by atoms with van der Waals surface area (Å²) in [4.78, 5) is 7.50. The zero-order valence-corrected chi connectivity index (χ0v) is 29.3. The molecule has 44 heavy (non-hydrogen) atoms. The normalized spacial score (nSPS) is 9.23. The van der Waals surface area contributed by atoms with Gasteiger partial charge in [0, 0.05) is 0 Å². The summed E-state index contributed by atoms with van der Waals surface area (Å²) in [5, 5.41) is 8.39. The van der Waals surface area contributed by atoms with Crippen LogP contribution in [0.3, 0.4) is 0 Å². The Labute approximate surface area is 296 Å². The average Bonchev–Trinajstić information content (AvgIpc) is 3.06. The van der Waals surface area contributed by atoms with E-state index in [1.54, 1.807) is 0 Å². The number of carbonyl (C=O) groups excluding carboxylic acids is 1. The van der Waals surface area contributed by atoms with Crippen molar-refractivity contribution in [2.75, 3.05) is 0 Å². The zero-order valence-electron chi connectivity index (χ0n) is 23.6. The molecule has 0 aliphatic carbocycles. The molecule has 0 fully saturated rings. The first-order valence-electron chi connectivity index (χ1n) is 13.0. The fraction of sp³-hybridized carbons (Fsp3) is 0. The van der Waals surface area contributed by atoms with Crippen molar-refractivity contribution in [1.29, 1.82) is 0 Å². The third kappa shape index (κ3) is 12.0. The van der Waals surface area contributed by atoms with Crippen LogP contribution in [0.15, 0.2) is 182 Å². The summed E-state index contributed by atoms with van der Waals surface area (Å²) >= 11 is 0. The topological polar surface area (TPSA) is 17.1 Å². The first kappa shape index (κ1) is 41.3. The Kier molecular flexibility index (Phi) is 22.3. The molecule has 0 saturated heterocycles. The molecule has 0 saturated carbocycles. The first-order valence-corrected chi connectivity index (χ1v) is 15.7. The Morgan fingerprint density at radius 3 is 0.500 bits per heavy atom. The van der Waals surface area contributed by atoms with Gasteiger partial charge in [-0.05, 0) is 47.7 Å². The van der Waals surface area contributed by atoms with Crippen LogP contribution < -0.4 is 69.0 Å². The van der Waals surface area contributed by atoms with E-state index in [2.05, 4.69) is 189 Å². The van der Waals surface area contributed by atoms with Crippen LogP contribution in [0.25, 0.3) is 0 Å². The molecule has 0 N–H and O–H groups in total. The van der Waals surface area contributed by atoms with Gasteiger partial charge in [0.15, 0.2) is 0 Å². The Morgan fingerprint density at radius 2 is 0.386 bits per heavy atom. The van der Waals surface area contributed by atoms with E-state index in [9.17, 15) is 0 Å². The van der Waals surface area contributed by atoms with Gasteiger partial charge in [-0.15, -0.1) is 0 Å². The van der Waals surface area contributed by atoms with Crippen molar-refractivity contribution in [1.82, 2.24) is 0 Å². The molecule has 6 rings (SSSR count). The molecule has 0 amide bonds.